The van der Waals surface area contributed by atoms with Gasteiger partial charge < -0.3 is 15.5 Å². The Bertz CT molecular complexity index is 729. The third kappa shape index (κ3) is 5.63. The van der Waals surface area contributed by atoms with E-state index in [0.717, 1.165) is 30.0 Å². The lowest BCUT2D eigenvalue weighted by Crippen LogP contribution is -2.34. The molecule has 0 atom stereocenters. The van der Waals surface area contributed by atoms with Crippen LogP contribution in [-0.4, -0.2) is 24.1 Å². The van der Waals surface area contributed by atoms with E-state index in [-0.39, 0.29) is 6.03 Å². The highest BCUT2D eigenvalue weighted by Crippen LogP contribution is 2.18. The van der Waals surface area contributed by atoms with Gasteiger partial charge in [0.1, 0.15) is 5.82 Å². The van der Waals surface area contributed by atoms with E-state index in [1.54, 1.807) is 0 Å². The first-order valence-electron chi connectivity index (χ1n) is 9.17. The van der Waals surface area contributed by atoms with E-state index >= 15 is 0 Å². The first kappa shape index (κ1) is 18.5. The number of carbonyl (C=O) groups excluding carboxylic acids is 1. The zero-order chi connectivity index (χ0) is 18.2. The SMILES string of the molecule is O=C(NCc1cccc(Cl)c1)NCc1ccnc(N2CCCCCC2)c1. The number of aromatic nitrogens is 1. The number of carbonyl (C=O) groups is 1. The fourth-order valence-electron chi connectivity index (χ4n) is 3.12. The minimum absolute atomic E-state index is 0.196. The maximum atomic E-state index is 12.0. The quantitative estimate of drug-likeness (QED) is 0.830. The minimum atomic E-state index is -0.196. The average molecular weight is 373 g/mol. The molecule has 3 rings (SSSR count). The van der Waals surface area contributed by atoms with Crippen LogP contribution in [0.1, 0.15) is 36.8 Å². The molecule has 2 N–H and O–H groups in total. The van der Waals surface area contributed by atoms with Crippen LogP contribution >= 0.6 is 11.6 Å². The molecular weight excluding hydrogens is 348 g/mol. The van der Waals surface area contributed by atoms with Crippen LogP contribution in [0.15, 0.2) is 42.6 Å². The number of amides is 2. The second-order valence-corrected chi connectivity index (χ2v) is 7.03. The van der Waals surface area contributed by atoms with Crippen molar-refractivity contribution in [2.24, 2.45) is 0 Å². The highest BCUT2D eigenvalue weighted by atomic mass is 35.5. The van der Waals surface area contributed by atoms with Crippen LogP contribution < -0.4 is 15.5 Å². The Morgan fingerprint density at radius 2 is 1.69 bits per heavy atom. The summed E-state index contributed by atoms with van der Waals surface area (Å²) in [5.74, 6) is 1.01. The predicted molar refractivity (Wildman–Crippen MR) is 105 cm³/mol. The number of halogens is 1. The van der Waals surface area contributed by atoms with Gasteiger partial charge in [-0.25, -0.2) is 9.78 Å². The molecule has 1 aromatic heterocycles. The molecule has 0 unspecified atom stereocenters. The van der Waals surface area contributed by atoms with Crippen molar-refractivity contribution < 1.29 is 4.79 Å². The zero-order valence-electron chi connectivity index (χ0n) is 14.9. The summed E-state index contributed by atoms with van der Waals surface area (Å²) in [5, 5.41) is 6.41. The standard InChI is InChI=1S/C20H25ClN4O/c21-18-7-5-6-16(12-18)14-23-20(26)24-15-17-8-9-22-19(13-17)25-10-3-1-2-4-11-25/h5-9,12-13H,1-4,10-11,14-15H2,(H2,23,24,26). The van der Waals surface area contributed by atoms with Crippen molar-refractivity contribution in [1.82, 2.24) is 15.6 Å². The van der Waals surface area contributed by atoms with Crippen LogP contribution in [0.25, 0.3) is 0 Å². The molecule has 26 heavy (non-hydrogen) atoms. The van der Waals surface area contributed by atoms with Gasteiger partial charge in [-0.3, -0.25) is 0 Å². The van der Waals surface area contributed by atoms with Gasteiger partial charge in [-0.1, -0.05) is 36.6 Å². The normalized spacial score (nSPS) is 14.6. The van der Waals surface area contributed by atoms with Gasteiger partial charge in [0.15, 0.2) is 0 Å². The van der Waals surface area contributed by atoms with Crippen molar-refractivity contribution in [3.8, 4) is 0 Å². The van der Waals surface area contributed by atoms with Crippen molar-refractivity contribution in [2.45, 2.75) is 38.8 Å². The van der Waals surface area contributed by atoms with E-state index in [9.17, 15) is 4.79 Å². The molecule has 2 amide bonds. The second-order valence-electron chi connectivity index (χ2n) is 6.59. The Morgan fingerprint density at radius 1 is 1.00 bits per heavy atom. The van der Waals surface area contributed by atoms with Crippen LogP contribution in [-0.2, 0) is 13.1 Å². The lowest BCUT2D eigenvalue weighted by Gasteiger charge is -2.21. The summed E-state index contributed by atoms with van der Waals surface area (Å²) in [6, 6.07) is 11.3. The third-order valence-electron chi connectivity index (χ3n) is 4.54. The molecule has 1 aliphatic rings. The number of hydrogen-bond donors (Lipinski definition) is 2. The van der Waals surface area contributed by atoms with Crippen molar-refractivity contribution in [1.29, 1.82) is 0 Å². The number of nitrogens with zero attached hydrogens (tertiary/aromatic N) is 2. The fraction of sp³-hybridized carbons (Fsp3) is 0.400. The van der Waals surface area contributed by atoms with Crippen LogP contribution in [0.5, 0.6) is 0 Å². The molecule has 1 fully saturated rings. The largest absolute Gasteiger partial charge is 0.357 e. The van der Waals surface area contributed by atoms with E-state index in [1.807, 2.05) is 36.5 Å². The number of hydrogen-bond acceptors (Lipinski definition) is 3. The number of rotatable bonds is 5. The van der Waals surface area contributed by atoms with Gasteiger partial charge in [0, 0.05) is 37.4 Å². The molecule has 0 spiro atoms. The van der Waals surface area contributed by atoms with Gasteiger partial charge in [0.05, 0.1) is 0 Å². The van der Waals surface area contributed by atoms with Crippen molar-refractivity contribution in [3.05, 3.63) is 58.7 Å². The summed E-state index contributed by atoms with van der Waals surface area (Å²) in [6.45, 7) is 3.04. The minimum Gasteiger partial charge on any atom is -0.357 e. The van der Waals surface area contributed by atoms with Crippen molar-refractivity contribution in [2.75, 3.05) is 18.0 Å². The van der Waals surface area contributed by atoms with Crippen LogP contribution in [0.2, 0.25) is 5.02 Å². The predicted octanol–water partition coefficient (Wildman–Crippen LogP) is 4.11. The first-order chi connectivity index (χ1) is 12.7. The monoisotopic (exact) mass is 372 g/mol. The Labute approximate surface area is 159 Å². The molecule has 0 radical (unpaired) electrons. The first-order valence-corrected chi connectivity index (χ1v) is 9.54. The lowest BCUT2D eigenvalue weighted by molar-refractivity contribution is 0.240. The number of anilines is 1. The van der Waals surface area contributed by atoms with E-state index in [4.69, 9.17) is 11.6 Å². The van der Waals surface area contributed by atoms with Gasteiger partial charge in [0.25, 0.3) is 0 Å². The molecular formula is C20H25ClN4O. The number of benzene rings is 1. The molecule has 0 aliphatic carbocycles. The Hall–Kier alpha value is -2.27. The molecule has 2 aromatic rings. The summed E-state index contributed by atoms with van der Waals surface area (Å²) in [7, 11) is 0. The van der Waals surface area contributed by atoms with Crippen LogP contribution in [0.4, 0.5) is 10.6 Å². The zero-order valence-corrected chi connectivity index (χ0v) is 15.6. The molecule has 5 nitrogen and oxygen atoms in total. The molecule has 1 aromatic carbocycles. The smallest absolute Gasteiger partial charge is 0.315 e. The number of pyridine rings is 1. The maximum Gasteiger partial charge on any atom is 0.315 e. The Balaban J connectivity index is 1.49. The summed E-state index contributed by atoms with van der Waals surface area (Å²) in [5.41, 5.74) is 2.03. The van der Waals surface area contributed by atoms with Crippen LogP contribution in [0, 0.1) is 0 Å². The topological polar surface area (TPSA) is 57.3 Å². The average Bonchev–Trinajstić information content (AvgIpc) is 2.94. The Kier molecular flexibility index (Phi) is 6.72. The maximum absolute atomic E-state index is 12.0. The summed E-state index contributed by atoms with van der Waals surface area (Å²) < 4.78 is 0. The van der Waals surface area contributed by atoms with E-state index in [0.29, 0.717) is 18.1 Å². The molecule has 1 aliphatic heterocycles. The van der Waals surface area contributed by atoms with Gasteiger partial charge >= 0.3 is 6.03 Å². The summed E-state index contributed by atoms with van der Waals surface area (Å²) in [6.07, 6.45) is 6.85. The highest BCUT2D eigenvalue weighted by Gasteiger charge is 2.11. The molecule has 0 bridgehead atoms. The fourth-order valence-corrected chi connectivity index (χ4v) is 3.33. The van der Waals surface area contributed by atoms with Gasteiger partial charge in [-0.15, -0.1) is 0 Å². The van der Waals surface area contributed by atoms with Gasteiger partial charge in [-0.2, -0.15) is 0 Å². The second kappa shape index (κ2) is 9.43. The molecule has 0 saturated carbocycles. The van der Waals surface area contributed by atoms with Crippen LogP contribution in [0.3, 0.4) is 0 Å². The molecule has 6 heteroatoms. The highest BCUT2D eigenvalue weighted by molar-refractivity contribution is 6.30. The molecule has 138 valence electrons. The molecule has 1 saturated heterocycles. The number of nitrogens with one attached hydrogen (secondary N) is 2. The molecule has 2 heterocycles. The number of urea groups is 1. The summed E-state index contributed by atoms with van der Waals surface area (Å²) >= 11 is 5.95. The van der Waals surface area contributed by atoms with Gasteiger partial charge in [0.2, 0.25) is 0 Å². The van der Waals surface area contributed by atoms with E-state index in [2.05, 4.69) is 26.6 Å². The van der Waals surface area contributed by atoms with E-state index in [1.165, 1.54) is 25.7 Å². The van der Waals surface area contributed by atoms with Crippen molar-refractivity contribution >= 4 is 23.4 Å². The van der Waals surface area contributed by atoms with Gasteiger partial charge in [-0.05, 0) is 48.2 Å². The third-order valence-corrected chi connectivity index (χ3v) is 4.77. The lowest BCUT2D eigenvalue weighted by atomic mass is 10.2. The van der Waals surface area contributed by atoms with Crippen molar-refractivity contribution in [3.63, 3.8) is 0 Å². The summed E-state index contributed by atoms with van der Waals surface area (Å²) in [4.78, 5) is 18.9. The Morgan fingerprint density at radius 3 is 2.38 bits per heavy atom. The van der Waals surface area contributed by atoms with E-state index < -0.39 is 0 Å².